The molecule has 1 saturated carbocycles. The number of aromatic nitrogens is 2. The molecule has 1 aromatic heterocycles. The molecular formula is C15H16ClN3O. The van der Waals surface area contributed by atoms with Crippen molar-refractivity contribution in [3.63, 3.8) is 0 Å². The maximum absolute atomic E-state index is 12.0. The van der Waals surface area contributed by atoms with E-state index < -0.39 is 0 Å². The minimum Gasteiger partial charge on any atom is -0.350 e. The van der Waals surface area contributed by atoms with Gasteiger partial charge in [-0.25, -0.2) is 4.98 Å². The van der Waals surface area contributed by atoms with Gasteiger partial charge in [0.25, 0.3) is 5.91 Å². The predicted molar refractivity (Wildman–Crippen MR) is 78.0 cm³/mol. The van der Waals surface area contributed by atoms with E-state index in [1.165, 1.54) is 12.8 Å². The van der Waals surface area contributed by atoms with Crippen LogP contribution >= 0.6 is 11.6 Å². The van der Waals surface area contributed by atoms with Crippen LogP contribution in [0.4, 0.5) is 0 Å². The molecule has 0 saturated heterocycles. The molecular weight excluding hydrogens is 274 g/mol. The molecule has 1 aliphatic carbocycles. The number of nitrogens with zero attached hydrogens (tertiary/aromatic N) is 2. The Labute approximate surface area is 122 Å². The van der Waals surface area contributed by atoms with Gasteiger partial charge in [0, 0.05) is 31.4 Å². The second-order valence-electron chi connectivity index (χ2n) is 4.99. The summed E-state index contributed by atoms with van der Waals surface area (Å²) in [5, 5.41) is 3.37. The van der Waals surface area contributed by atoms with E-state index in [1.54, 1.807) is 12.1 Å². The Bertz CT molecular complexity index is 619. The number of hydrogen-bond acceptors (Lipinski definition) is 2. The minimum atomic E-state index is -0.135. The van der Waals surface area contributed by atoms with E-state index in [-0.39, 0.29) is 5.91 Å². The molecule has 0 bridgehead atoms. The van der Waals surface area contributed by atoms with Crippen molar-refractivity contribution in [1.82, 2.24) is 14.9 Å². The van der Waals surface area contributed by atoms with E-state index in [4.69, 9.17) is 11.6 Å². The second kappa shape index (κ2) is 5.67. The highest BCUT2D eigenvalue weighted by Crippen LogP contribution is 2.38. The van der Waals surface area contributed by atoms with E-state index >= 15 is 0 Å². The molecule has 1 heterocycles. The number of nitrogens with one attached hydrogen (secondary N) is 1. The number of carbonyl (C=O) groups is 1. The fourth-order valence-corrected chi connectivity index (χ4v) is 2.46. The van der Waals surface area contributed by atoms with Crippen LogP contribution in [0.15, 0.2) is 36.7 Å². The Morgan fingerprint density at radius 2 is 2.20 bits per heavy atom. The summed E-state index contributed by atoms with van der Waals surface area (Å²) in [6.45, 7) is 1.31. The van der Waals surface area contributed by atoms with Crippen molar-refractivity contribution in [1.29, 1.82) is 0 Å². The van der Waals surface area contributed by atoms with Gasteiger partial charge in [0.2, 0.25) is 0 Å². The van der Waals surface area contributed by atoms with Gasteiger partial charge in [0.1, 0.15) is 5.82 Å². The molecule has 0 unspecified atom stereocenters. The average molecular weight is 290 g/mol. The molecule has 1 aliphatic rings. The Morgan fingerprint density at radius 1 is 1.40 bits per heavy atom. The van der Waals surface area contributed by atoms with Gasteiger partial charge in [-0.1, -0.05) is 23.7 Å². The summed E-state index contributed by atoms with van der Waals surface area (Å²) in [5.74, 6) is 1.62. The lowest BCUT2D eigenvalue weighted by molar-refractivity contribution is 0.0952. The highest BCUT2D eigenvalue weighted by atomic mass is 35.5. The summed E-state index contributed by atoms with van der Waals surface area (Å²) in [6, 6.07) is 7.07. The summed E-state index contributed by atoms with van der Waals surface area (Å²) < 4.78 is 2.12. The largest absolute Gasteiger partial charge is 0.350 e. The Morgan fingerprint density at radius 3 is 2.95 bits per heavy atom. The van der Waals surface area contributed by atoms with E-state index in [9.17, 15) is 4.79 Å². The molecule has 1 N–H and O–H groups in total. The third-order valence-corrected chi connectivity index (χ3v) is 3.78. The summed E-state index contributed by atoms with van der Waals surface area (Å²) in [7, 11) is 0. The van der Waals surface area contributed by atoms with Gasteiger partial charge in [-0.15, -0.1) is 0 Å². The molecule has 20 heavy (non-hydrogen) atoms. The van der Waals surface area contributed by atoms with Crippen LogP contribution in [0.25, 0.3) is 0 Å². The number of imidazole rings is 1. The van der Waals surface area contributed by atoms with Gasteiger partial charge in [0.15, 0.2) is 0 Å². The van der Waals surface area contributed by atoms with Crippen LogP contribution in [0.5, 0.6) is 0 Å². The molecule has 0 radical (unpaired) electrons. The van der Waals surface area contributed by atoms with Gasteiger partial charge >= 0.3 is 0 Å². The smallest absolute Gasteiger partial charge is 0.252 e. The van der Waals surface area contributed by atoms with Crippen molar-refractivity contribution in [2.24, 2.45) is 0 Å². The van der Waals surface area contributed by atoms with Crippen molar-refractivity contribution < 1.29 is 4.79 Å². The lowest BCUT2D eigenvalue weighted by Crippen LogP contribution is -2.27. The molecule has 3 rings (SSSR count). The van der Waals surface area contributed by atoms with E-state index in [0.717, 1.165) is 12.4 Å². The highest BCUT2D eigenvalue weighted by molar-refractivity contribution is 6.33. The summed E-state index contributed by atoms with van der Waals surface area (Å²) in [6.07, 6.45) is 6.24. The van der Waals surface area contributed by atoms with Crippen molar-refractivity contribution in [2.75, 3.05) is 6.54 Å². The fraction of sp³-hybridized carbons (Fsp3) is 0.333. The monoisotopic (exact) mass is 289 g/mol. The SMILES string of the molecule is O=C(NCCn1ccnc1C1CC1)c1ccccc1Cl. The third-order valence-electron chi connectivity index (χ3n) is 3.45. The zero-order chi connectivity index (χ0) is 13.9. The summed E-state index contributed by atoms with van der Waals surface area (Å²) in [5.41, 5.74) is 0.516. The van der Waals surface area contributed by atoms with Crippen LogP contribution < -0.4 is 5.32 Å². The zero-order valence-corrected chi connectivity index (χ0v) is 11.8. The Hall–Kier alpha value is -1.81. The van der Waals surface area contributed by atoms with Crippen molar-refractivity contribution in [3.05, 3.63) is 53.1 Å². The normalized spacial score (nSPS) is 14.2. The number of amides is 1. The molecule has 0 atom stereocenters. The maximum atomic E-state index is 12.0. The lowest BCUT2D eigenvalue weighted by atomic mass is 10.2. The standard InChI is InChI=1S/C15H16ClN3O/c16-13-4-2-1-3-12(13)15(20)18-8-10-19-9-7-17-14(19)11-5-6-11/h1-4,7,9,11H,5-6,8,10H2,(H,18,20). The van der Waals surface area contributed by atoms with Crippen LogP contribution in [-0.4, -0.2) is 22.0 Å². The topological polar surface area (TPSA) is 46.9 Å². The van der Waals surface area contributed by atoms with Crippen LogP contribution in [0.1, 0.15) is 34.9 Å². The molecule has 0 aliphatic heterocycles. The first-order chi connectivity index (χ1) is 9.75. The molecule has 104 valence electrons. The van der Waals surface area contributed by atoms with Crippen molar-refractivity contribution in [3.8, 4) is 0 Å². The first-order valence-corrected chi connectivity index (χ1v) is 7.17. The number of benzene rings is 1. The maximum Gasteiger partial charge on any atom is 0.252 e. The number of carbonyl (C=O) groups excluding carboxylic acids is 1. The van der Waals surface area contributed by atoms with Gasteiger partial charge in [-0.2, -0.15) is 0 Å². The van der Waals surface area contributed by atoms with Gasteiger partial charge < -0.3 is 9.88 Å². The second-order valence-corrected chi connectivity index (χ2v) is 5.40. The van der Waals surface area contributed by atoms with Gasteiger partial charge in [-0.05, 0) is 25.0 Å². The third kappa shape index (κ3) is 2.85. The zero-order valence-electron chi connectivity index (χ0n) is 11.1. The predicted octanol–water partition coefficient (Wildman–Crippen LogP) is 2.84. The van der Waals surface area contributed by atoms with E-state index in [0.29, 0.717) is 23.0 Å². The van der Waals surface area contributed by atoms with Crippen LogP contribution in [0.2, 0.25) is 5.02 Å². The summed E-state index contributed by atoms with van der Waals surface area (Å²) in [4.78, 5) is 16.4. The van der Waals surface area contributed by atoms with Gasteiger partial charge in [-0.3, -0.25) is 4.79 Å². The Balaban J connectivity index is 1.56. The molecule has 4 nitrogen and oxygen atoms in total. The van der Waals surface area contributed by atoms with Crippen LogP contribution in [-0.2, 0) is 6.54 Å². The molecule has 2 aromatic rings. The van der Waals surface area contributed by atoms with Crippen molar-refractivity contribution >= 4 is 17.5 Å². The number of hydrogen-bond donors (Lipinski definition) is 1. The minimum absolute atomic E-state index is 0.135. The number of halogens is 1. The number of rotatable bonds is 5. The molecule has 1 aromatic carbocycles. The van der Waals surface area contributed by atoms with E-state index in [2.05, 4.69) is 14.9 Å². The van der Waals surface area contributed by atoms with Crippen LogP contribution in [0, 0.1) is 0 Å². The quantitative estimate of drug-likeness (QED) is 0.920. The molecule has 1 amide bonds. The lowest BCUT2D eigenvalue weighted by Gasteiger charge is -2.09. The van der Waals surface area contributed by atoms with Crippen molar-refractivity contribution in [2.45, 2.75) is 25.3 Å². The Kier molecular flexibility index (Phi) is 3.74. The fourth-order valence-electron chi connectivity index (χ4n) is 2.24. The molecule has 0 spiro atoms. The van der Waals surface area contributed by atoms with E-state index in [1.807, 2.05) is 24.5 Å². The first kappa shape index (κ1) is 13.2. The van der Waals surface area contributed by atoms with Crippen LogP contribution in [0.3, 0.4) is 0 Å². The molecule has 5 heteroatoms. The van der Waals surface area contributed by atoms with Gasteiger partial charge in [0.05, 0.1) is 10.6 Å². The molecule has 1 fully saturated rings. The summed E-state index contributed by atoms with van der Waals surface area (Å²) >= 11 is 6.00. The average Bonchev–Trinajstić information content (AvgIpc) is 3.19. The first-order valence-electron chi connectivity index (χ1n) is 6.79. The highest BCUT2D eigenvalue weighted by Gasteiger charge is 2.27.